The van der Waals surface area contributed by atoms with E-state index in [2.05, 4.69) is 36.8 Å². The molecule has 0 unspecified atom stereocenters. The summed E-state index contributed by atoms with van der Waals surface area (Å²) in [5.74, 6) is 3.39. The van der Waals surface area contributed by atoms with Crippen molar-refractivity contribution in [3.05, 3.63) is 43.9 Å². The number of H-pyrrole nitrogens is 1. The second-order valence-electron chi connectivity index (χ2n) is 3.62. The van der Waals surface area contributed by atoms with Crippen molar-refractivity contribution in [1.82, 2.24) is 4.98 Å². The van der Waals surface area contributed by atoms with Crippen molar-refractivity contribution < 1.29 is 9.15 Å². The van der Waals surface area contributed by atoms with Crippen molar-refractivity contribution in [3.8, 4) is 5.75 Å². The van der Waals surface area contributed by atoms with Crippen LogP contribution in [0.5, 0.6) is 5.75 Å². The molecule has 0 atom stereocenters. The van der Waals surface area contributed by atoms with Gasteiger partial charge < -0.3 is 14.1 Å². The summed E-state index contributed by atoms with van der Waals surface area (Å²) in [6.45, 7) is 0.649. The van der Waals surface area contributed by atoms with Gasteiger partial charge in [-0.3, -0.25) is 0 Å². The van der Waals surface area contributed by atoms with E-state index in [9.17, 15) is 0 Å². The van der Waals surface area contributed by atoms with Crippen LogP contribution in [0.2, 0.25) is 0 Å². The fraction of sp³-hybridized carbons (Fsp3) is 0.250. The van der Waals surface area contributed by atoms with Crippen molar-refractivity contribution in [2.45, 2.75) is 5.75 Å². The summed E-state index contributed by atoms with van der Waals surface area (Å²) < 4.78 is 12.9. The fourth-order valence-corrected chi connectivity index (χ4v) is 3.38. The summed E-state index contributed by atoms with van der Waals surface area (Å²) in [4.78, 5) is 3.26. The van der Waals surface area contributed by atoms with Gasteiger partial charge >= 0.3 is 0 Å². The minimum absolute atomic E-state index is 0.422. The molecule has 3 nitrogen and oxygen atoms in total. The fourth-order valence-electron chi connectivity index (χ4n) is 1.36. The molecule has 0 saturated heterocycles. The maximum absolute atomic E-state index is 5.69. The number of ether oxygens (including phenoxy) is 1. The van der Waals surface area contributed by atoms with Gasteiger partial charge in [-0.25, -0.2) is 0 Å². The quantitative estimate of drug-likeness (QED) is 0.512. The molecule has 0 fully saturated rings. The average Bonchev–Trinajstić information content (AvgIpc) is 2.77. The van der Waals surface area contributed by atoms with Gasteiger partial charge in [-0.1, -0.05) is 15.9 Å². The number of hydrogen-bond donors (Lipinski definition) is 1. The zero-order valence-electron chi connectivity index (χ0n) is 9.82. The van der Waals surface area contributed by atoms with E-state index in [1.165, 1.54) is 0 Å². The maximum atomic E-state index is 5.69. The number of hydrogen-bond acceptors (Lipinski definition) is 4. The van der Waals surface area contributed by atoms with E-state index in [0.29, 0.717) is 11.4 Å². The molecule has 1 N–H and O–H groups in total. The molecule has 0 aliphatic carbocycles. The van der Waals surface area contributed by atoms with Gasteiger partial charge in [0.15, 0.2) is 0 Å². The van der Waals surface area contributed by atoms with Gasteiger partial charge in [0.25, 0.3) is 4.84 Å². The predicted octanol–water partition coefficient (Wildman–Crippen LogP) is 5.17. The lowest BCUT2D eigenvalue weighted by Gasteiger charge is -2.07. The van der Waals surface area contributed by atoms with Crippen molar-refractivity contribution in [2.75, 3.05) is 12.4 Å². The normalized spacial score (nSPS) is 10.6. The zero-order chi connectivity index (χ0) is 13.7. The summed E-state index contributed by atoms with van der Waals surface area (Å²) in [5, 5.41) is 0. The highest BCUT2D eigenvalue weighted by Gasteiger charge is 2.02. The number of benzene rings is 1. The molecule has 1 aromatic carbocycles. The van der Waals surface area contributed by atoms with Gasteiger partial charge in [0.2, 0.25) is 0 Å². The minimum Gasteiger partial charge on any atom is -0.492 e. The van der Waals surface area contributed by atoms with Crippen LogP contribution < -0.4 is 4.74 Å². The smallest absolute Gasteiger partial charge is 0.266 e. The topological polar surface area (TPSA) is 38.2 Å². The summed E-state index contributed by atoms with van der Waals surface area (Å²) in [6, 6.07) is 5.85. The number of aromatic nitrogens is 1. The lowest BCUT2D eigenvalue weighted by atomic mass is 10.3. The van der Waals surface area contributed by atoms with Crippen LogP contribution in [0.4, 0.5) is 0 Å². The first-order valence-electron chi connectivity index (χ1n) is 5.48. The molecule has 19 heavy (non-hydrogen) atoms. The van der Waals surface area contributed by atoms with Crippen LogP contribution in [-0.2, 0) is 5.75 Å². The lowest BCUT2D eigenvalue weighted by molar-refractivity contribution is 0.341. The van der Waals surface area contributed by atoms with Gasteiger partial charge in [-0.15, -0.1) is 0 Å². The highest BCUT2D eigenvalue weighted by molar-refractivity contribution is 9.11. The number of nitrogens with one attached hydrogen (secondary N) is 1. The van der Waals surface area contributed by atoms with Gasteiger partial charge in [0.05, 0.1) is 16.8 Å². The summed E-state index contributed by atoms with van der Waals surface area (Å²) in [7, 11) is 0. The Labute approximate surface area is 137 Å². The summed E-state index contributed by atoms with van der Waals surface area (Å²) in [5.41, 5.74) is 0. The van der Waals surface area contributed by atoms with Crippen molar-refractivity contribution in [3.63, 3.8) is 0 Å². The molecular weight excluding hydrogens is 414 g/mol. The molecule has 0 amide bonds. The molecule has 2 rings (SSSR count). The second kappa shape index (κ2) is 7.52. The second-order valence-corrected chi connectivity index (χ2v) is 6.87. The molecule has 0 spiro atoms. The number of halogens is 2. The number of oxazole rings is 1. The SMILES string of the molecule is S=c1[nH]cc(CSCCOc2ccc(Br)cc2Br)o1. The van der Waals surface area contributed by atoms with Crippen LogP contribution in [0.25, 0.3) is 0 Å². The molecule has 0 bridgehead atoms. The molecule has 0 radical (unpaired) electrons. The minimum atomic E-state index is 0.422. The number of thioether (sulfide) groups is 1. The standard InChI is InChI=1S/C12H11Br2NO2S2/c13-8-1-2-11(10(14)5-8)16-3-4-19-7-9-6-15-12(18)17-9/h1-2,5-6H,3-4,7H2,(H,15,18). The van der Waals surface area contributed by atoms with Crippen molar-refractivity contribution in [1.29, 1.82) is 0 Å². The van der Waals surface area contributed by atoms with E-state index in [1.807, 2.05) is 18.2 Å². The van der Waals surface area contributed by atoms with E-state index in [4.69, 9.17) is 21.4 Å². The van der Waals surface area contributed by atoms with Gasteiger partial charge in [-0.2, -0.15) is 11.8 Å². The van der Waals surface area contributed by atoms with Crippen LogP contribution in [0, 0.1) is 4.84 Å². The predicted molar refractivity (Wildman–Crippen MR) is 87.4 cm³/mol. The Morgan fingerprint density at radius 3 is 2.89 bits per heavy atom. The van der Waals surface area contributed by atoms with Crippen LogP contribution in [0.3, 0.4) is 0 Å². The van der Waals surface area contributed by atoms with E-state index in [-0.39, 0.29) is 0 Å². The Hall–Kier alpha value is -0.240. The molecule has 1 aromatic heterocycles. The van der Waals surface area contributed by atoms with Crippen molar-refractivity contribution in [2.24, 2.45) is 0 Å². The first-order valence-corrected chi connectivity index (χ1v) is 8.63. The Bertz CT molecular complexity index is 597. The molecule has 1 heterocycles. The Balaban J connectivity index is 1.70. The van der Waals surface area contributed by atoms with Crippen LogP contribution >= 0.6 is 55.8 Å². The van der Waals surface area contributed by atoms with Gasteiger partial charge in [0, 0.05) is 16.4 Å². The third kappa shape index (κ3) is 4.98. The molecule has 2 aromatic rings. The lowest BCUT2D eigenvalue weighted by Crippen LogP contribution is -2.00. The average molecular weight is 425 g/mol. The summed E-state index contributed by atoms with van der Waals surface area (Å²) >= 11 is 13.5. The molecule has 0 aliphatic rings. The van der Waals surface area contributed by atoms with Crippen LogP contribution in [0.15, 0.2) is 37.8 Å². The Kier molecular flexibility index (Phi) is 6.00. The van der Waals surface area contributed by atoms with Crippen LogP contribution in [-0.4, -0.2) is 17.3 Å². The van der Waals surface area contributed by atoms with Crippen molar-refractivity contribution >= 4 is 55.8 Å². The van der Waals surface area contributed by atoms with E-state index in [1.54, 1.807) is 18.0 Å². The monoisotopic (exact) mass is 423 g/mol. The number of aromatic amines is 1. The summed E-state index contributed by atoms with van der Waals surface area (Å²) in [6.07, 6.45) is 1.79. The highest BCUT2D eigenvalue weighted by Crippen LogP contribution is 2.28. The highest BCUT2D eigenvalue weighted by atomic mass is 79.9. The molecular formula is C12H11Br2NO2S2. The Morgan fingerprint density at radius 2 is 2.21 bits per heavy atom. The maximum Gasteiger partial charge on any atom is 0.266 e. The largest absolute Gasteiger partial charge is 0.492 e. The molecule has 0 saturated carbocycles. The molecule has 7 heteroatoms. The van der Waals surface area contributed by atoms with Crippen LogP contribution in [0.1, 0.15) is 5.76 Å². The number of rotatable bonds is 6. The first-order chi connectivity index (χ1) is 9.15. The third-order valence-electron chi connectivity index (χ3n) is 2.20. The Morgan fingerprint density at radius 1 is 1.37 bits per heavy atom. The van der Waals surface area contributed by atoms with E-state index < -0.39 is 0 Å². The zero-order valence-corrected chi connectivity index (χ0v) is 14.6. The van der Waals surface area contributed by atoms with E-state index >= 15 is 0 Å². The van der Waals surface area contributed by atoms with Gasteiger partial charge in [-0.05, 0) is 46.3 Å². The van der Waals surface area contributed by atoms with E-state index in [0.717, 1.165) is 32.0 Å². The molecule has 102 valence electrons. The molecule has 0 aliphatic heterocycles. The van der Waals surface area contributed by atoms with Gasteiger partial charge in [0.1, 0.15) is 11.5 Å². The third-order valence-corrected chi connectivity index (χ3v) is 4.46. The first kappa shape index (κ1) is 15.2.